The summed E-state index contributed by atoms with van der Waals surface area (Å²) in [5.41, 5.74) is 6.02. The Labute approximate surface area is 154 Å². The Kier molecular flexibility index (Phi) is 5.16. The van der Waals surface area contributed by atoms with Gasteiger partial charge >= 0.3 is 0 Å². The highest BCUT2D eigenvalue weighted by Gasteiger charge is 2.12. The second-order valence-electron chi connectivity index (χ2n) is 5.40. The summed E-state index contributed by atoms with van der Waals surface area (Å²) in [5, 5.41) is 11.7. The van der Waals surface area contributed by atoms with Crippen LogP contribution in [0.2, 0.25) is 10.0 Å². The molecule has 0 aliphatic rings. The highest BCUT2D eigenvalue weighted by atomic mass is 35.5. The molecule has 3 rings (SSSR count). The van der Waals surface area contributed by atoms with Crippen molar-refractivity contribution in [3.8, 4) is 11.3 Å². The van der Waals surface area contributed by atoms with Gasteiger partial charge < -0.3 is 0 Å². The van der Waals surface area contributed by atoms with Gasteiger partial charge in [-0.15, -0.1) is 0 Å². The number of nitrogens with zero attached hydrogens (tertiary/aromatic N) is 2. The van der Waals surface area contributed by atoms with Crippen LogP contribution in [0, 0.1) is 6.92 Å². The van der Waals surface area contributed by atoms with Crippen molar-refractivity contribution in [2.45, 2.75) is 6.92 Å². The Morgan fingerprint density at radius 3 is 2.64 bits per heavy atom. The summed E-state index contributed by atoms with van der Waals surface area (Å²) in [4.78, 5) is 12.1. The fraction of sp³-hybridized carbons (Fsp3) is 0.0556. The van der Waals surface area contributed by atoms with Gasteiger partial charge in [0, 0.05) is 10.6 Å². The number of H-pyrrole nitrogens is 1. The summed E-state index contributed by atoms with van der Waals surface area (Å²) in [6.07, 6.45) is 1.57. The molecule has 0 saturated heterocycles. The van der Waals surface area contributed by atoms with Crippen molar-refractivity contribution in [3.63, 3.8) is 0 Å². The van der Waals surface area contributed by atoms with E-state index in [1.807, 2.05) is 31.2 Å². The van der Waals surface area contributed by atoms with E-state index in [1.54, 1.807) is 30.5 Å². The van der Waals surface area contributed by atoms with E-state index in [4.69, 9.17) is 23.2 Å². The van der Waals surface area contributed by atoms with Crippen LogP contribution in [0.5, 0.6) is 0 Å². The molecule has 5 nitrogen and oxygen atoms in total. The van der Waals surface area contributed by atoms with Gasteiger partial charge in [-0.2, -0.15) is 10.2 Å². The van der Waals surface area contributed by atoms with Crippen LogP contribution < -0.4 is 5.43 Å². The first kappa shape index (κ1) is 17.2. The molecule has 1 amide bonds. The van der Waals surface area contributed by atoms with Gasteiger partial charge in [0.1, 0.15) is 5.69 Å². The Bertz CT molecular complexity index is 933. The van der Waals surface area contributed by atoms with E-state index in [9.17, 15) is 4.79 Å². The van der Waals surface area contributed by atoms with Crippen molar-refractivity contribution in [1.82, 2.24) is 15.6 Å². The number of carbonyl (C=O) groups excluding carboxylic acids is 1. The summed E-state index contributed by atoms with van der Waals surface area (Å²) >= 11 is 12.0. The first-order valence-electron chi connectivity index (χ1n) is 7.44. The summed E-state index contributed by atoms with van der Waals surface area (Å²) in [5.74, 6) is -0.396. The third kappa shape index (κ3) is 4.26. The molecule has 7 heteroatoms. The van der Waals surface area contributed by atoms with Crippen molar-refractivity contribution < 1.29 is 4.79 Å². The van der Waals surface area contributed by atoms with Crippen LogP contribution >= 0.6 is 23.2 Å². The van der Waals surface area contributed by atoms with Gasteiger partial charge in [-0.25, -0.2) is 5.43 Å². The van der Waals surface area contributed by atoms with Gasteiger partial charge in [0.25, 0.3) is 5.91 Å². The molecule has 0 atom stereocenters. The molecule has 2 aromatic carbocycles. The zero-order valence-corrected chi connectivity index (χ0v) is 14.8. The third-order valence-corrected chi connectivity index (χ3v) is 4.03. The first-order chi connectivity index (χ1) is 12.0. The van der Waals surface area contributed by atoms with Crippen molar-refractivity contribution in [3.05, 3.63) is 75.4 Å². The summed E-state index contributed by atoms with van der Waals surface area (Å²) in [6, 6.07) is 14.5. The van der Waals surface area contributed by atoms with Crippen molar-refractivity contribution in [2.75, 3.05) is 0 Å². The molecule has 2 N–H and O–H groups in total. The molecule has 0 spiro atoms. The van der Waals surface area contributed by atoms with Gasteiger partial charge in [-0.1, -0.05) is 53.0 Å². The summed E-state index contributed by atoms with van der Waals surface area (Å²) in [6.45, 7) is 2.01. The SMILES string of the molecule is Cc1ccc(C=NNC(=O)c2cc(-c3ccc(Cl)cc3Cl)n[nH]2)cc1. The number of benzene rings is 2. The van der Waals surface area contributed by atoms with E-state index in [0.717, 1.165) is 11.1 Å². The second kappa shape index (κ2) is 7.51. The van der Waals surface area contributed by atoms with Crippen LogP contribution in [0.3, 0.4) is 0 Å². The topological polar surface area (TPSA) is 70.1 Å². The molecule has 0 radical (unpaired) electrons. The van der Waals surface area contributed by atoms with Gasteiger partial charge in [-0.3, -0.25) is 9.89 Å². The molecule has 3 aromatic rings. The summed E-state index contributed by atoms with van der Waals surface area (Å²) in [7, 11) is 0. The number of hydrazone groups is 1. The smallest absolute Gasteiger partial charge is 0.272 e. The van der Waals surface area contributed by atoms with Crippen LogP contribution in [0.15, 0.2) is 53.6 Å². The lowest BCUT2D eigenvalue weighted by molar-refractivity contribution is 0.0950. The quantitative estimate of drug-likeness (QED) is 0.524. The van der Waals surface area contributed by atoms with Gasteiger partial charge in [-0.05, 0) is 36.8 Å². The zero-order valence-electron chi connectivity index (χ0n) is 13.3. The fourth-order valence-corrected chi connectivity index (χ4v) is 2.66. The fourth-order valence-electron chi connectivity index (χ4n) is 2.15. The minimum Gasteiger partial charge on any atom is -0.272 e. The second-order valence-corrected chi connectivity index (χ2v) is 6.24. The third-order valence-electron chi connectivity index (χ3n) is 3.49. The molecule has 0 saturated carbocycles. The lowest BCUT2D eigenvalue weighted by atomic mass is 10.1. The normalized spacial score (nSPS) is 11.0. The monoisotopic (exact) mass is 372 g/mol. The Morgan fingerprint density at radius 2 is 1.92 bits per heavy atom. The molecule has 0 bridgehead atoms. The minimum atomic E-state index is -0.396. The van der Waals surface area contributed by atoms with E-state index < -0.39 is 5.91 Å². The number of hydrogen-bond donors (Lipinski definition) is 2. The lowest BCUT2D eigenvalue weighted by Crippen LogP contribution is -2.17. The lowest BCUT2D eigenvalue weighted by Gasteiger charge is -2.00. The molecule has 0 aliphatic heterocycles. The molecular formula is C18H14Cl2N4O. The standard InChI is InChI=1S/C18H14Cl2N4O/c1-11-2-4-12(5-3-11)10-21-24-18(25)17-9-16(22-23-17)14-7-6-13(19)8-15(14)20/h2-10H,1H3,(H,22,23)(H,24,25). The number of aromatic amines is 1. The Balaban J connectivity index is 1.69. The van der Waals surface area contributed by atoms with Gasteiger partial charge in [0.15, 0.2) is 0 Å². The highest BCUT2D eigenvalue weighted by molar-refractivity contribution is 6.36. The molecule has 25 heavy (non-hydrogen) atoms. The van der Waals surface area contributed by atoms with Crippen molar-refractivity contribution in [2.24, 2.45) is 5.10 Å². The number of nitrogens with one attached hydrogen (secondary N) is 2. The number of aryl methyl sites for hydroxylation is 1. The molecular weight excluding hydrogens is 359 g/mol. The molecule has 126 valence electrons. The first-order valence-corrected chi connectivity index (χ1v) is 8.19. The Morgan fingerprint density at radius 1 is 1.16 bits per heavy atom. The van der Waals surface area contributed by atoms with E-state index in [1.165, 1.54) is 0 Å². The highest BCUT2D eigenvalue weighted by Crippen LogP contribution is 2.29. The van der Waals surface area contributed by atoms with E-state index in [-0.39, 0.29) is 5.69 Å². The molecule has 1 aromatic heterocycles. The predicted octanol–water partition coefficient (Wildman–Crippen LogP) is 4.46. The number of amides is 1. The van der Waals surface area contributed by atoms with Crippen molar-refractivity contribution in [1.29, 1.82) is 0 Å². The maximum atomic E-state index is 12.1. The van der Waals surface area contributed by atoms with Crippen LogP contribution in [-0.4, -0.2) is 22.3 Å². The minimum absolute atomic E-state index is 0.280. The van der Waals surface area contributed by atoms with Crippen LogP contribution in [0.1, 0.15) is 21.6 Å². The van der Waals surface area contributed by atoms with E-state index >= 15 is 0 Å². The van der Waals surface area contributed by atoms with Crippen molar-refractivity contribution >= 4 is 35.3 Å². The maximum Gasteiger partial charge on any atom is 0.289 e. The van der Waals surface area contributed by atoms with Crippen LogP contribution in [0.25, 0.3) is 11.3 Å². The number of halogens is 2. The van der Waals surface area contributed by atoms with E-state index in [2.05, 4.69) is 20.7 Å². The number of aromatic nitrogens is 2. The molecule has 1 heterocycles. The average Bonchev–Trinajstić information content (AvgIpc) is 3.06. The summed E-state index contributed by atoms with van der Waals surface area (Å²) < 4.78 is 0. The Hall–Kier alpha value is -2.63. The predicted molar refractivity (Wildman–Crippen MR) is 100 cm³/mol. The van der Waals surface area contributed by atoms with Gasteiger partial charge in [0.05, 0.1) is 16.9 Å². The maximum absolute atomic E-state index is 12.1. The van der Waals surface area contributed by atoms with E-state index in [0.29, 0.717) is 21.3 Å². The largest absolute Gasteiger partial charge is 0.289 e. The van der Waals surface area contributed by atoms with Crippen LogP contribution in [0.4, 0.5) is 0 Å². The molecule has 0 unspecified atom stereocenters. The van der Waals surface area contributed by atoms with Crippen LogP contribution in [-0.2, 0) is 0 Å². The number of rotatable bonds is 4. The number of hydrogen-bond acceptors (Lipinski definition) is 3. The molecule has 0 aliphatic carbocycles. The van der Waals surface area contributed by atoms with Gasteiger partial charge in [0.2, 0.25) is 0 Å². The zero-order chi connectivity index (χ0) is 17.8. The molecule has 0 fully saturated rings. The number of carbonyl (C=O) groups is 1. The average molecular weight is 373 g/mol.